The molecular formula is C26H44N2S5. The minimum atomic E-state index is 0.681. The molecule has 0 spiro atoms. The summed E-state index contributed by atoms with van der Waals surface area (Å²) >= 11 is 12.2. The van der Waals surface area contributed by atoms with Crippen molar-refractivity contribution in [3.63, 3.8) is 0 Å². The first-order valence-corrected chi connectivity index (χ1v) is 18.2. The number of thiocarbonyl (C=S) groups is 2. The second-order valence-corrected chi connectivity index (χ2v) is 15.9. The predicted molar refractivity (Wildman–Crippen MR) is 159 cm³/mol. The SMILES string of the molecule is S=C(SSSC(=S)N(C1CCCCC1)C1CCCCC1)N(C1CCCCC1)C1CCCCC1. The van der Waals surface area contributed by atoms with Gasteiger partial charge in [0, 0.05) is 24.2 Å². The summed E-state index contributed by atoms with van der Waals surface area (Å²) in [5, 5.41) is 0. The second-order valence-electron chi connectivity index (χ2n) is 10.7. The molecule has 2 nitrogen and oxygen atoms in total. The monoisotopic (exact) mass is 544 g/mol. The van der Waals surface area contributed by atoms with E-state index in [1.54, 1.807) is 0 Å². The Hall–Kier alpha value is 0.830. The van der Waals surface area contributed by atoms with Crippen LogP contribution in [0.15, 0.2) is 0 Å². The topological polar surface area (TPSA) is 6.48 Å². The molecular weight excluding hydrogens is 501 g/mol. The molecule has 4 saturated carbocycles. The van der Waals surface area contributed by atoms with Crippen molar-refractivity contribution in [2.24, 2.45) is 0 Å². The molecule has 188 valence electrons. The Balaban J connectivity index is 1.33. The number of nitrogens with zero attached hydrogens (tertiary/aromatic N) is 2. The molecule has 4 fully saturated rings. The Kier molecular flexibility index (Phi) is 11.8. The van der Waals surface area contributed by atoms with Crippen LogP contribution in [-0.4, -0.2) is 42.6 Å². The first-order chi connectivity index (χ1) is 16.2. The molecule has 0 aromatic rings. The lowest BCUT2D eigenvalue weighted by Crippen LogP contribution is -2.47. The first-order valence-electron chi connectivity index (χ1n) is 13.9. The zero-order chi connectivity index (χ0) is 22.9. The van der Waals surface area contributed by atoms with Gasteiger partial charge in [-0.25, -0.2) is 0 Å². The highest BCUT2D eigenvalue weighted by Gasteiger charge is 2.33. The Morgan fingerprint density at radius 1 is 0.424 bits per heavy atom. The van der Waals surface area contributed by atoms with Crippen LogP contribution in [0.25, 0.3) is 0 Å². The molecule has 0 unspecified atom stereocenters. The van der Waals surface area contributed by atoms with Gasteiger partial charge in [0.05, 0.1) is 0 Å². The molecule has 4 rings (SSSR count). The van der Waals surface area contributed by atoms with E-state index in [1.807, 2.05) is 31.4 Å². The van der Waals surface area contributed by atoms with E-state index in [1.165, 1.54) is 128 Å². The fourth-order valence-electron chi connectivity index (χ4n) is 6.79. The van der Waals surface area contributed by atoms with Crippen molar-refractivity contribution in [3.05, 3.63) is 0 Å². The Morgan fingerprint density at radius 3 is 0.909 bits per heavy atom. The molecule has 4 aliphatic carbocycles. The molecule has 0 atom stereocenters. The lowest BCUT2D eigenvalue weighted by Gasteiger charge is -2.43. The van der Waals surface area contributed by atoms with Crippen LogP contribution in [-0.2, 0) is 0 Å². The standard InChI is InChI=1S/C26H44N2S5/c29-25(27(21-13-5-1-6-14-21)22-15-7-2-8-16-22)31-33-32-26(30)28(23-17-9-3-10-18-23)24-19-11-4-12-20-24/h21-24H,1-20H2. The van der Waals surface area contributed by atoms with Crippen molar-refractivity contribution in [1.82, 2.24) is 9.80 Å². The third-order valence-corrected chi connectivity index (χ3v) is 13.5. The smallest absolute Gasteiger partial charge is 0.148 e. The van der Waals surface area contributed by atoms with Crippen LogP contribution in [0.5, 0.6) is 0 Å². The van der Waals surface area contributed by atoms with Gasteiger partial charge in [-0.05, 0) is 82.8 Å². The third-order valence-electron chi connectivity index (χ3n) is 8.50. The highest BCUT2D eigenvalue weighted by atomic mass is 33.5. The maximum absolute atomic E-state index is 6.10. The lowest BCUT2D eigenvalue weighted by atomic mass is 9.89. The molecule has 0 aromatic heterocycles. The van der Waals surface area contributed by atoms with Crippen LogP contribution >= 0.6 is 55.8 Å². The summed E-state index contributed by atoms with van der Waals surface area (Å²) < 4.78 is 2.27. The van der Waals surface area contributed by atoms with Gasteiger partial charge in [-0.2, -0.15) is 0 Å². The quantitative estimate of drug-likeness (QED) is 0.239. The minimum absolute atomic E-state index is 0.681. The summed E-state index contributed by atoms with van der Waals surface area (Å²) in [5.41, 5.74) is 0. The summed E-state index contributed by atoms with van der Waals surface area (Å²) in [4.78, 5) is 5.41. The molecule has 0 saturated heterocycles. The normalized spacial score (nSPS) is 24.5. The highest BCUT2D eigenvalue weighted by Crippen LogP contribution is 2.43. The summed E-state index contributed by atoms with van der Waals surface area (Å²) in [7, 11) is 5.52. The largest absolute Gasteiger partial charge is 0.351 e. The molecule has 0 bridgehead atoms. The van der Waals surface area contributed by atoms with Gasteiger partial charge in [-0.3, -0.25) is 0 Å². The number of hydrogen-bond acceptors (Lipinski definition) is 5. The maximum atomic E-state index is 6.10. The summed E-state index contributed by atoms with van der Waals surface area (Å²) in [6.45, 7) is 0. The van der Waals surface area contributed by atoms with E-state index < -0.39 is 0 Å². The first kappa shape index (κ1) is 26.9. The van der Waals surface area contributed by atoms with Crippen LogP contribution in [0.3, 0.4) is 0 Å². The summed E-state index contributed by atoms with van der Waals surface area (Å²) in [6, 6.07) is 2.72. The molecule has 33 heavy (non-hydrogen) atoms. The Labute approximate surface area is 225 Å². The van der Waals surface area contributed by atoms with E-state index in [2.05, 4.69) is 9.80 Å². The van der Waals surface area contributed by atoms with Crippen LogP contribution < -0.4 is 0 Å². The summed E-state index contributed by atoms with van der Waals surface area (Å²) in [5.74, 6) is 0. The van der Waals surface area contributed by atoms with Gasteiger partial charge in [-0.15, -0.1) is 0 Å². The third kappa shape index (κ3) is 7.90. The average Bonchev–Trinajstić information content (AvgIpc) is 2.87. The van der Waals surface area contributed by atoms with Crippen LogP contribution in [0.2, 0.25) is 0 Å². The molecule has 0 N–H and O–H groups in total. The average molecular weight is 545 g/mol. The second kappa shape index (κ2) is 14.5. The van der Waals surface area contributed by atoms with Crippen molar-refractivity contribution in [3.8, 4) is 0 Å². The van der Waals surface area contributed by atoms with E-state index in [9.17, 15) is 0 Å². The van der Waals surface area contributed by atoms with Gasteiger partial charge in [0.2, 0.25) is 0 Å². The van der Waals surface area contributed by atoms with E-state index >= 15 is 0 Å². The predicted octanol–water partition coefficient (Wildman–Crippen LogP) is 9.52. The Morgan fingerprint density at radius 2 is 0.667 bits per heavy atom. The van der Waals surface area contributed by atoms with Gasteiger partial charge in [0.1, 0.15) is 8.64 Å². The zero-order valence-corrected chi connectivity index (χ0v) is 24.5. The van der Waals surface area contributed by atoms with Crippen molar-refractivity contribution in [2.45, 2.75) is 153 Å². The minimum Gasteiger partial charge on any atom is -0.351 e. The molecule has 0 amide bonds. The van der Waals surface area contributed by atoms with E-state index in [0.29, 0.717) is 24.2 Å². The molecule has 0 aromatic carbocycles. The lowest BCUT2D eigenvalue weighted by molar-refractivity contribution is 0.164. The molecule has 7 heteroatoms. The Bertz CT molecular complexity index is 518. The van der Waals surface area contributed by atoms with E-state index in [-0.39, 0.29) is 0 Å². The zero-order valence-electron chi connectivity index (χ0n) is 20.4. The van der Waals surface area contributed by atoms with Gasteiger partial charge >= 0.3 is 0 Å². The van der Waals surface area contributed by atoms with Crippen LogP contribution in [0.4, 0.5) is 0 Å². The fraction of sp³-hybridized carbons (Fsp3) is 0.923. The molecule has 0 radical (unpaired) electrons. The van der Waals surface area contributed by atoms with Gasteiger partial charge < -0.3 is 9.80 Å². The number of hydrogen-bond donors (Lipinski definition) is 0. The number of rotatable bonds is 6. The van der Waals surface area contributed by atoms with E-state index in [4.69, 9.17) is 24.4 Å². The van der Waals surface area contributed by atoms with Crippen molar-refractivity contribution < 1.29 is 0 Å². The van der Waals surface area contributed by atoms with Crippen molar-refractivity contribution >= 4 is 64.5 Å². The van der Waals surface area contributed by atoms with Crippen LogP contribution in [0, 0.1) is 0 Å². The van der Waals surface area contributed by atoms with Gasteiger partial charge in [0.15, 0.2) is 0 Å². The molecule has 0 heterocycles. The molecule has 0 aliphatic heterocycles. The molecule has 4 aliphatic rings. The fourth-order valence-corrected chi connectivity index (χ4v) is 12.1. The van der Waals surface area contributed by atoms with Crippen LogP contribution in [0.1, 0.15) is 128 Å². The van der Waals surface area contributed by atoms with Gasteiger partial charge in [0.25, 0.3) is 0 Å². The summed E-state index contributed by atoms with van der Waals surface area (Å²) in [6.07, 6.45) is 27.4. The van der Waals surface area contributed by atoms with Crippen molar-refractivity contribution in [2.75, 3.05) is 0 Å². The van der Waals surface area contributed by atoms with Gasteiger partial charge in [-0.1, -0.05) is 101 Å². The van der Waals surface area contributed by atoms with Crippen molar-refractivity contribution in [1.29, 1.82) is 0 Å². The van der Waals surface area contributed by atoms with E-state index in [0.717, 1.165) is 8.64 Å². The maximum Gasteiger partial charge on any atom is 0.148 e. The highest BCUT2D eigenvalue weighted by molar-refractivity contribution is 9.15.